The molecular weight excluding hydrogens is 430 g/mol. The molecule has 0 saturated heterocycles. The van der Waals surface area contributed by atoms with Crippen molar-refractivity contribution >= 4 is 33.4 Å². The lowest BCUT2D eigenvalue weighted by Crippen LogP contribution is -2.31. The second-order valence-electron chi connectivity index (χ2n) is 7.61. The van der Waals surface area contributed by atoms with E-state index in [9.17, 15) is 13.2 Å². The summed E-state index contributed by atoms with van der Waals surface area (Å²) in [6.45, 7) is 7.19. The fourth-order valence-corrected chi connectivity index (χ4v) is 5.70. The van der Waals surface area contributed by atoms with Gasteiger partial charge in [0.05, 0.1) is 10.6 Å². The second-order valence-corrected chi connectivity index (χ2v) is 10.5. The number of sulfonamides is 1. The number of fused-ring (bicyclic) bond motifs is 1. The Hall–Kier alpha value is -1.87. The molecule has 0 unspecified atom stereocenters. The van der Waals surface area contributed by atoms with Gasteiger partial charge in [-0.15, -0.1) is 11.8 Å². The Balaban J connectivity index is 1.60. The first kappa shape index (κ1) is 23.8. The van der Waals surface area contributed by atoms with Gasteiger partial charge >= 0.3 is 0 Å². The summed E-state index contributed by atoms with van der Waals surface area (Å²) in [5, 5.41) is 0. The minimum atomic E-state index is -3.63. The summed E-state index contributed by atoms with van der Waals surface area (Å²) in [7, 11) is -3.63. The van der Waals surface area contributed by atoms with Crippen molar-refractivity contribution in [3.63, 3.8) is 0 Å². The second kappa shape index (κ2) is 11.1. The molecule has 0 aromatic heterocycles. The summed E-state index contributed by atoms with van der Waals surface area (Å²) in [6, 6.07) is 15.3. The van der Waals surface area contributed by atoms with Crippen LogP contribution in [0.1, 0.15) is 32.3 Å². The summed E-state index contributed by atoms with van der Waals surface area (Å²) < 4.78 is 28.4. The van der Waals surface area contributed by atoms with Crippen molar-refractivity contribution in [2.45, 2.75) is 43.0 Å². The average molecular weight is 462 g/mol. The summed E-state index contributed by atoms with van der Waals surface area (Å²) in [5.74, 6) is 0.849. The molecule has 2 aromatic rings. The topological polar surface area (TPSA) is 69.7 Å². The highest BCUT2D eigenvalue weighted by molar-refractivity contribution is 7.99. The SMILES string of the molecule is CCN(CCCNS(=O)(=O)c1ccc2c(c1)N(C(C)=O)CCCS2)Cc1ccccc1. The number of carbonyl (C=O) groups excluding carboxylic acids is 1. The van der Waals surface area contributed by atoms with Crippen LogP contribution in [0.5, 0.6) is 0 Å². The molecule has 0 fully saturated rings. The minimum Gasteiger partial charge on any atom is -0.311 e. The number of hydrogen-bond donors (Lipinski definition) is 1. The number of hydrogen-bond acceptors (Lipinski definition) is 5. The number of carbonyl (C=O) groups is 1. The van der Waals surface area contributed by atoms with Crippen LogP contribution in [0.4, 0.5) is 5.69 Å². The van der Waals surface area contributed by atoms with Gasteiger partial charge in [-0.1, -0.05) is 37.3 Å². The molecule has 8 heteroatoms. The first-order valence-electron chi connectivity index (χ1n) is 10.7. The number of thioether (sulfide) groups is 1. The molecule has 1 heterocycles. The molecule has 1 N–H and O–H groups in total. The minimum absolute atomic E-state index is 0.0654. The molecule has 0 atom stereocenters. The summed E-state index contributed by atoms with van der Waals surface area (Å²) >= 11 is 1.66. The van der Waals surface area contributed by atoms with Crippen LogP contribution in [0.2, 0.25) is 0 Å². The third-order valence-electron chi connectivity index (χ3n) is 5.33. The van der Waals surface area contributed by atoms with Gasteiger partial charge in [0.2, 0.25) is 15.9 Å². The molecule has 1 aliphatic heterocycles. The highest BCUT2D eigenvalue weighted by Crippen LogP contribution is 2.35. The van der Waals surface area contributed by atoms with Crippen LogP contribution in [0.15, 0.2) is 58.3 Å². The number of nitrogens with one attached hydrogen (secondary N) is 1. The van der Waals surface area contributed by atoms with E-state index in [4.69, 9.17) is 0 Å². The van der Waals surface area contributed by atoms with Gasteiger partial charge in [0.15, 0.2) is 0 Å². The molecule has 6 nitrogen and oxygen atoms in total. The Labute approximate surface area is 190 Å². The third-order valence-corrected chi connectivity index (χ3v) is 7.94. The predicted molar refractivity (Wildman–Crippen MR) is 127 cm³/mol. The van der Waals surface area contributed by atoms with Crippen LogP contribution in [-0.4, -0.2) is 51.2 Å². The Morgan fingerprint density at radius 3 is 2.68 bits per heavy atom. The standard InChI is InChI=1S/C23H31N3O3S2/c1-3-25(18-20-9-5-4-6-10-20)14-7-13-24-31(28,29)21-11-12-23-22(17-21)26(19(2)27)15-8-16-30-23/h4-6,9-12,17,24H,3,7-8,13-16,18H2,1-2H3. The molecule has 1 aliphatic rings. The maximum atomic E-state index is 12.9. The number of anilines is 1. The average Bonchev–Trinajstić information content (AvgIpc) is 2.98. The fourth-order valence-electron chi connectivity index (χ4n) is 3.63. The first-order valence-corrected chi connectivity index (χ1v) is 13.2. The highest BCUT2D eigenvalue weighted by atomic mass is 32.2. The van der Waals surface area contributed by atoms with E-state index in [1.807, 2.05) is 24.3 Å². The van der Waals surface area contributed by atoms with Crippen molar-refractivity contribution in [3.8, 4) is 0 Å². The van der Waals surface area contributed by atoms with Crippen molar-refractivity contribution in [1.82, 2.24) is 9.62 Å². The van der Waals surface area contributed by atoms with Crippen LogP contribution in [0, 0.1) is 0 Å². The van der Waals surface area contributed by atoms with Crippen LogP contribution in [0.25, 0.3) is 0 Å². The van der Waals surface area contributed by atoms with Gasteiger partial charge in [0.1, 0.15) is 0 Å². The molecule has 1 amide bonds. The molecule has 0 radical (unpaired) electrons. The molecule has 0 bridgehead atoms. The largest absolute Gasteiger partial charge is 0.311 e. The maximum Gasteiger partial charge on any atom is 0.240 e. The first-order chi connectivity index (χ1) is 14.9. The molecule has 2 aromatic carbocycles. The zero-order valence-electron chi connectivity index (χ0n) is 18.2. The van der Waals surface area contributed by atoms with Crippen molar-refractivity contribution < 1.29 is 13.2 Å². The van der Waals surface area contributed by atoms with E-state index in [0.29, 0.717) is 18.8 Å². The lowest BCUT2D eigenvalue weighted by atomic mass is 10.2. The molecule has 0 aliphatic carbocycles. The van der Waals surface area contributed by atoms with Gasteiger partial charge in [-0.3, -0.25) is 9.69 Å². The van der Waals surface area contributed by atoms with Gasteiger partial charge in [-0.25, -0.2) is 13.1 Å². The monoisotopic (exact) mass is 461 g/mol. The van der Waals surface area contributed by atoms with Crippen LogP contribution in [-0.2, 0) is 21.4 Å². The van der Waals surface area contributed by atoms with Crippen molar-refractivity contribution in [1.29, 1.82) is 0 Å². The summed E-state index contributed by atoms with van der Waals surface area (Å²) in [4.78, 5) is 17.2. The van der Waals surface area contributed by atoms with Gasteiger partial charge in [-0.2, -0.15) is 0 Å². The summed E-state index contributed by atoms with van der Waals surface area (Å²) in [5.41, 5.74) is 1.95. The van der Waals surface area contributed by atoms with Crippen LogP contribution in [0.3, 0.4) is 0 Å². The highest BCUT2D eigenvalue weighted by Gasteiger charge is 2.22. The lowest BCUT2D eigenvalue weighted by Gasteiger charge is -2.22. The van der Waals surface area contributed by atoms with E-state index in [0.717, 1.165) is 43.1 Å². The van der Waals surface area contributed by atoms with Gasteiger partial charge in [0, 0.05) is 31.5 Å². The molecule has 31 heavy (non-hydrogen) atoms. The Morgan fingerprint density at radius 2 is 1.97 bits per heavy atom. The number of benzene rings is 2. The van der Waals surface area contributed by atoms with Crippen LogP contribution < -0.4 is 9.62 Å². The zero-order valence-corrected chi connectivity index (χ0v) is 19.8. The van der Waals surface area contributed by atoms with Crippen molar-refractivity contribution in [2.75, 3.05) is 36.8 Å². The number of nitrogens with zero attached hydrogens (tertiary/aromatic N) is 2. The fraction of sp³-hybridized carbons (Fsp3) is 0.435. The van der Waals surface area contributed by atoms with Crippen molar-refractivity contribution in [3.05, 3.63) is 54.1 Å². The van der Waals surface area contributed by atoms with Gasteiger partial charge in [-0.05, 0) is 55.4 Å². The Kier molecular flexibility index (Phi) is 8.54. The molecular formula is C23H31N3O3S2. The quantitative estimate of drug-likeness (QED) is 0.577. The van der Waals surface area contributed by atoms with E-state index >= 15 is 0 Å². The predicted octanol–water partition coefficient (Wildman–Crippen LogP) is 3.73. The number of amides is 1. The van der Waals surface area contributed by atoms with E-state index in [1.54, 1.807) is 28.8 Å². The Morgan fingerprint density at radius 1 is 1.19 bits per heavy atom. The van der Waals surface area contributed by atoms with Crippen LogP contribution >= 0.6 is 11.8 Å². The molecule has 0 saturated carbocycles. The van der Waals surface area contributed by atoms with E-state index in [2.05, 4.69) is 28.7 Å². The van der Waals surface area contributed by atoms with Gasteiger partial charge in [0.25, 0.3) is 0 Å². The summed E-state index contributed by atoms with van der Waals surface area (Å²) in [6.07, 6.45) is 1.61. The van der Waals surface area contributed by atoms with E-state index in [-0.39, 0.29) is 10.8 Å². The maximum absolute atomic E-state index is 12.9. The smallest absolute Gasteiger partial charge is 0.240 e. The van der Waals surface area contributed by atoms with E-state index < -0.39 is 10.0 Å². The van der Waals surface area contributed by atoms with E-state index in [1.165, 1.54) is 12.5 Å². The molecule has 3 rings (SSSR count). The Bertz CT molecular complexity index is 981. The van der Waals surface area contributed by atoms with Gasteiger partial charge < -0.3 is 4.90 Å². The lowest BCUT2D eigenvalue weighted by molar-refractivity contribution is -0.116. The number of rotatable bonds is 9. The molecule has 168 valence electrons. The van der Waals surface area contributed by atoms with Crippen molar-refractivity contribution in [2.24, 2.45) is 0 Å². The zero-order chi connectivity index (χ0) is 22.3. The third kappa shape index (κ3) is 6.55. The molecule has 0 spiro atoms. The normalized spacial score (nSPS) is 14.4.